The zero-order valence-corrected chi connectivity index (χ0v) is 14.6. The van der Waals surface area contributed by atoms with Gasteiger partial charge in [0.1, 0.15) is 0 Å². The molecule has 0 unspecified atom stereocenters. The second-order valence-corrected chi connectivity index (χ2v) is 7.22. The summed E-state index contributed by atoms with van der Waals surface area (Å²) in [5.41, 5.74) is 0. The Balaban J connectivity index is 1.57. The van der Waals surface area contributed by atoms with Crippen molar-refractivity contribution < 1.29 is 9.59 Å². The molecule has 2 aliphatic rings. The van der Waals surface area contributed by atoms with Crippen LogP contribution in [0.1, 0.15) is 68.8 Å². The predicted octanol–water partition coefficient (Wildman–Crippen LogP) is 1.73. The van der Waals surface area contributed by atoms with Crippen molar-refractivity contribution >= 4 is 11.8 Å². The van der Waals surface area contributed by atoms with E-state index >= 15 is 0 Å². The monoisotopic (exact) mass is 333 g/mol. The van der Waals surface area contributed by atoms with Crippen LogP contribution in [-0.4, -0.2) is 44.1 Å². The average molecular weight is 333 g/mol. The lowest BCUT2D eigenvalue weighted by Gasteiger charge is -2.28. The Labute approximate surface area is 142 Å². The van der Waals surface area contributed by atoms with Gasteiger partial charge in [-0.25, -0.2) is 0 Å². The van der Waals surface area contributed by atoms with Gasteiger partial charge in [0.15, 0.2) is 5.82 Å². The summed E-state index contributed by atoms with van der Waals surface area (Å²) in [4.78, 5) is 26.4. The first-order chi connectivity index (χ1) is 11.5. The number of amides is 2. The van der Waals surface area contributed by atoms with Crippen LogP contribution >= 0.6 is 0 Å². The highest BCUT2D eigenvalue weighted by Crippen LogP contribution is 2.29. The molecule has 1 aliphatic heterocycles. The molecule has 0 bridgehead atoms. The van der Waals surface area contributed by atoms with E-state index in [9.17, 15) is 9.59 Å². The molecule has 1 N–H and O–H groups in total. The van der Waals surface area contributed by atoms with Gasteiger partial charge in [-0.05, 0) is 26.2 Å². The van der Waals surface area contributed by atoms with Gasteiger partial charge in [-0.15, -0.1) is 10.2 Å². The molecule has 0 saturated heterocycles. The number of hydrogen-bond acceptors (Lipinski definition) is 4. The molecule has 1 saturated carbocycles. The molecule has 1 aliphatic carbocycles. The Bertz CT molecular complexity index is 604. The van der Waals surface area contributed by atoms with Gasteiger partial charge >= 0.3 is 0 Å². The van der Waals surface area contributed by atoms with Crippen LogP contribution in [0.4, 0.5) is 0 Å². The maximum absolute atomic E-state index is 12.4. The van der Waals surface area contributed by atoms with Gasteiger partial charge in [-0.1, -0.05) is 25.7 Å². The molecule has 1 fully saturated rings. The fourth-order valence-corrected chi connectivity index (χ4v) is 3.65. The van der Waals surface area contributed by atoms with Crippen LogP contribution in [0.3, 0.4) is 0 Å². The van der Waals surface area contributed by atoms with Crippen molar-refractivity contribution in [3.63, 3.8) is 0 Å². The standard InChI is InChI=1S/C17H27N5O2/c1-12(2)18-17(24)16-20-19-14-11-21(9-10-22(14)16)15(23)8-7-13-5-3-4-6-13/h12-13H,3-11H2,1-2H3,(H,18,24). The van der Waals surface area contributed by atoms with Crippen molar-refractivity contribution in [3.8, 4) is 0 Å². The second-order valence-electron chi connectivity index (χ2n) is 7.22. The minimum absolute atomic E-state index is 0.0581. The number of carbonyl (C=O) groups is 2. The third-order valence-corrected chi connectivity index (χ3v) is 4.97. The zero-order chi connectivity index (χ0) is 17.1. The van der Waals surface area contributed by atoms with Gasteiger partial charge in [0.25, 0.3) is 5.91 Å². The molecular weight excluding hydrogens is 306 g/mol. The number of fused-ring (bicyclic) bond motifs is 1. The Morgan fingerprint density at radius 3 is 2.67 bits per heavy atom. The molecular formula is C17H27N5O2. The summed E-state index contributed by atoms with van der Waals surface area (Å²) in [7, 11) is 0. The molecule has 0 aromatic carbocycles. The Kier molecular flexibility index (Phi) is 5.16. The highest BCUT2D eigenvalue weighted by Gasteiger charge is 2.27. The second kappa shape index (κ2) is 7.32. The molecule has 1 aromatic heterocycles. The van der Waals surface area contributed by atoms with Crippen LogP contribution < -0.4 is 5.32 Å². The zero-order valence-electron chi connectivity index (χ0n) is 14.6. The van der Waals surface area contributed by atoms with E-state index in [-0.39, 0.29) is 17.9 Å². The average Bonchev–Trinajstić information content (AvgIpc) is 3.20. The fraction of sp³-hybridized carbons (Fsp3) is 0.765. The molecule has 132 valence electrons. The summed E-state index contributed by atoms with van der Waals surface area (Å²) in [6, 6.07) is 0.0581. The van der Waals surface area contributed by atoms with Gasteiger partial charge < -0.3 is 14.8 Å². The van der Waals surface area contributed by atoms with Crippen molar-refractivity contribution in [2.45, 2.75) is 71.5 Å². The van der Waals surface area contributed by atoms with Gasteiger partial charge in [-0.2, -0.15) is 0 Å². The normalized spacial score (nSPS) is 18.0. The summed E-state index contributed by atoms with van der Waals surface area (Å²) in [5.74, 6) is 1.77. The lowest BCUT2D eigenvalue weighted by atomic mass is 10.0. The Hall–Kier alpha value is -1.92. The summed E-state index contributed by atoms with van der Waals surface area (Å²) in [5, 5.41) is 11.0. The van der Waals surface area contributed by atoms with Crippen molar-refractivity contribution in [3.05, 3.63) is 11.6 Å². The van der Waals surface area contributed by atoms with Gasteiger partial charge in [-0.3, -0.25) is 9.59 Å². The topological polar surface area (TPSA) is 80.1 Å². The van der Waals surface area contributed by atoms with E-state index in [2.05, 4.69) is 15.5 Å². The fourth-order valence-electron chi connectivity index (χ4n) is 3.65. The number of rotatable bonds is 5. The highest BCUT2D eigenvalue weighted by molar-refractivity contribution is 5.90. The Morgan fingerprint density at radius 1 is 1.21 bits per heavy atom. The number of nitrogens with zero attached hydrogens (tertiary/aromatic N) is 4. The summed E-state index contributed by atoms with van der Waals surface area (Å²) in [6.45, 7) is 5.48. The minimum Gasteiger partial charge on any atom is -0.347 e. The predicted molar refractivity (Wildman–Crippen MR) is 89.2 cm³/mol. The highest BCUT2D eigenvalue weighted by atomic mass is 16.2. The Morgan fingerprint density at radius 2 is 1.96 bits per heavy atom. The van der Waals surface area contributed by atoms with Crippen molar-refractivity contribution in [2.24, 2.45) is 5.92 Å². The first-order valence-electron chi connectivity index (χ1n) is 9.05. The van der Waals surface area contributed by atoms with Gasteiger partial charge in [0, 0.05) is 25.6 Å². The molecule has 7 heteroatoms. The molecule has 0 radical (unpaired) electrons. The van der Waals surface area contributed by atoms with Crippen LogP contribution in [0.25, 0.3) is 0 Å². The van der Waals surface area contributed by atoms with E-state index in [0.29, 0.717) is 37.7 Å². The summed E-state index contributed by atoms with van der Waals surface area (Å²) in [6.07, 6.45) is 6.80. The lowest BCUT2D eigenvalue weighted by molar-refractivity contribution is -0.133. The van der Waals surface area contributed by atoms with E-state index in [1.54, 1.807) is 0 Å². The van der Waals surface area contributed by atoms with Crippen molar-refractivity contribution in [1.29, 1.82) is 0 Å². The van der Waals surface area contributed by atoms with Crippen LogP contribution in [0, 0.1) is 5.92 Å². The van der Waals surface area contributed by atoms with Crippen LogP contribution in [-0.2, 0) is 17.9 Å². The van der Waals surface area contributed by atoms with E-state index in [4.69, 9.17) is 0 Å². The third-order valence-electron chi connectivity index (χ3n) is 4.97. The number of carbonyl (C=O) groups excluding carboxylic acids is 2. The molecule has 3 rings (SSSR count). The van der Waals surface area contributed by atoms with E-state index in [0.717, 1.165) is 12.3 Å². The first-order valence-corrected chi connectivity index (χ1v) is 9.05. The first kappa shape index (κ1) is 16.9. The van der Waals surface area contributed by atoms with Crippen LogP contribution in [0.15, 0.2) is 0 Å². The maximum atomic E-state index is 12.4. The smallest absolute Gasteiger partial charge is 0.289 e. The van der Waals surface area contributed by atoms with Gasteiger partial charge in [0.2, 0.25) is 11.7 Å². The molecule has 1 aromatic rings. The van der Waals surface area contributed by atoms with Crippen LogP contribution in [0.2, 0.25) is 0 Å². The molecule has 0 atom stereocenters. The van der Waals surface area contributed by atoms with Crippen molar-refractivity contribution in [2.75, 3.05) is 6.54 Å². The van der Waals surface area contributed by atoms with E-state index < -0.39 is 0 Å². The molecule has 24 heavy (non-hydrogen) atoms. The van der Waals surface area contributed by atoms with Gasteiger partial charge in [0.05, 0.1) is 6.54 Å². The molecule has 0 spiro atoms. The molecule has 2 heterocycles. The maximum Gasteiger partial charge on any atom is 0.289 e. The third kappa shape index (κ3) is 3.76. The molecule has 7 nitrogen and oxygen atoms in total. The summed E-state index contributed by atoms with van der Waals surface area (Å²) >= 11 is 0. The lowest BCUT2D eigenvalue weighted by Crippen LogP contribution is -2.40. The quantitative estimate of drug-likeness (QED) is 0.890. The largest absolute Gasteiger partial charge is 0.347 e. The van der Waals surface area contributed by atoms with E-state index in [1.165, 1.54) is 25.7 Å². The number of hydrogen-bond donors (Lipinski definition) is 1. The SMILES string of the molecule is CC(C)NC(=O)c1nnc2n1CCN(C(=O)CCC1CCCC1)C2. The van der Waals surface area contributed by atoms with E-state index in [1.807, 2.05) is 23.3 Å². The number of nitrogens with one attached hydrogen (secondary N) is 1. The van der Waals surface area contributed by atoms with Crippen LogP contribution in [0.5, 0.6) is 0 Å². The summed E-state index contributed by atoms with van der Waals surface area (Å²) < 4.78 is 1.83. The van der Waals surface area contributed by atoms with Crippen molar-refractivity contribution in [1.82, 2.24) is 25.0 Å². The molecule has 2 amide bonds. The number of aromatic nitrogens is 3. The minimum atomic E-state index is -0.204.